The first kappa shape index (κ1) is 16.0. The smallest absolute Gasteiger partial charge is 0.257 e. The van der Waals surface area contributed by atoms with E-state index in [1.807, 2.05) is 0 Å². The lowest BCUT2D eigenvalue weighted by molar-refractivity contribution is -0.199. The molecule has 1 saturated carbocycles. The monoisotopic (exact) mass is 352 g/mol. The molecule has 1 atom stereocenters. The van der Waals surface area contributed by atoms with Gasteiger partial charge in [-0.2, -0.15) is 0 Å². The highest BCUT2D eigenvalue weighted by atomic mass is 35.5. The molecule has 0 bridgehead atoms. The van der Waals surface area contributed by atoms with E-state index in [4.69, 9.17) is 21.1 Å². The normalized spacial score (nSPS) is 22.7. The first-order valence-corrected chi connectivity index (χ1v) is 8.56. The van der Waals surface area contributed by atoms with E-state index in [9.17, 15) is 9.18 Å². The van der Waals surface area contributed by atoms with Gasteiger partial charge >= 0.3 is 0 Å². The summed E-state index contributed by atoms with van der Waals surface area (Å²) in [6.07, 6.45) is 5.45. The minimum Gasteiger partial charge on any atom is -0.353 e. The summed E-state index contributed by atoms with van der Waals surface area (Å²) < 4.78 is 26.6. The van der Waals surface area contributed by atoms with Crippen LogP contribution in [0.5, 0.6) is 0 Å². The fourth-order valence-corrected chi connectivity index (χ4v) is 3.68. The number of rotatable bonds is 3. The van der Waals surface area contributed by atoms with Crippen molar-refractivity contribution in [2.24, 2.45) is 0 Å². The van der Waals surface area contributed by atoms with E-state index in [1.54, 1.807) is 6.92 Å². The highest BCUT2D eigenvalue weighted by molar-refractivity contribution is 6.30. The van der Waals surface area contributed by atoms with E-state index in [1.165, 1.54) is 6.20 Å². The fraction of sp³-hybridized carbons (Fsp3) is 0.529. The Balaban J connectivity index is 1.86. The molecule has 5 nitrogen and oxygen atoms in total. The number of ether oxygens (including phenoxy) is 2. The Labute approximate surface area is 143 Å². The van der Waals surface area contributed by atoms with Crippen LogP contribution in [0.4, 0.5) is 4.39 Å². The lowest BCUT2D eigenvalue weighted by Crippen LogP contribution is -2.29. The third-order valence-electron chi connectivity index (χ3n) is 4.80. The molecular weight excluding hydrogens is 335 g/mol. The van der Waals surface area contributed by atoms with Gasteiger partial charge in [0, 0.05) is 29.4 Å². The summed E-state index contributed by atoms with van der Waals surface area (Å²) in [7, 11) is 0. The number of aryl methyl sites for hydroxylation is 1. The Hall–Kier alpha value is -1.50. The summed E-state index contributed by atoms with van der Waals surface area (Å²) in [4.78, 5) is 18.7. The molecule has 2 fully saturated rings. The molecule has 1 aliphatic heterocycles. The summed E-state index contributed by atoms with van der Waals surface area (Å²) in [5.74, 6) is -0.669. The average Bonchev–Trinajstić information content (AvgIpc) is 3.32. The molecular formula is C17H18ClFN2O3. The van der Waals surface area contributed by atoms with Crippen molar-refractivity contribution in [3.8, 4) is 0 Å². The van der Waals surface area contributed by atoms with Crippen molar-refractivity contribution in [1.82, 2.24) is 9.97 Å². The molecule has 1 N–H and O–H groups in total. The molecule has 2 aromatic heterocycles. The third kappa shape index (κ3) is 2.53. The number of pyridine rings is 2. The van der Waals surface area contributed by atoms with Crippen LogP contribution in [0.15, 0.2) is 11.0 Å². The summed E-state index contributed by atoms with van der Waals surface area (Å²) >= 11 is 5.86. The SMILES string of the molecule is Cc1[nH]c(=O)c2cnc(Cl)c(F)c2c1C1(OC2CCCCO2)CC1. The van der Waals surface area contributed by atoms with E-state index in [0.717, 1.165) is 32.1 Å². The Bertz CT molecular complexity index is 857. The van der Waals surface area contributed by atoms with E-state index < -0.39 is 11.4 Å². The van der Waals surface area contributed by atoms with Gasteiger partial charge in [0.15, 0.2) is 17.3 Å². The van der Waals surface area contributed by atoms with Gasteiger partial charge in [0.05, 0.1) is 11.0 Å². The highest BCUT2D eigenvalue weighted by Crippen LogP contribution is 2.53. The average molecular weight is 353 g/mol. The van der Waals surface area contributed by atoms with Gasteiger partial charge in [0.1, 0.15) is 0 Å². The Kier molecular flexibility index (Phi) is 3.86. The lowest BCUT2D eigenvalue weighted by Gasteiger charge is -2.29. The topological polar surface area (TPSA) is 64.2 Å². The van der Waals surface area contributed by atoms with E-state index in [-0.39, 0.29) is 27.8 Å². The summed E-state index contributed by atoms with van der Waals surface area (Å²) in [5, 5.41) is 0.167. The van der Waals surface area contributed by atoms with Crippen molar-refractivity contribution < 1.29 is 13.9 Å². The summed E-state index contributed by atoms with van der Waals surface area (Å²) in [6, 6.07) is 0. The van der Waals surface area contributed by atoms with E-state index >= 15 is 0 Å². The molecule has 128 valence electrons. The van der Waals surface area contributed by atoms with Crippen LogP contribution in [0.1, 0.15) is 43.4 Å². The maximum absolute atomic E-state index is 14.7. The molecule has 0 amide bonds. The number of nitrogens with one attached hydrogen (secondary N) is 1. The van der Waals surface area contributed by atoms with Gasteiger partial charge in [-0.05, 0) is 39.0 Å². The first-order chi connectivity index (χ1) is 11.5. The van der Waals surface area contributed by atoms with Crippen molar-refractivity contribution in [2.75, 3.05) is 6.61 Å². The number of aromatic nitrogens is 2. The zero-order valence-corrected chi connectivity index (χ0v) is 14.1. The van der Waals surface area contributed by atoms with E-state index in [0.29, 0.717) is 17.9 Å². The Morgan fingerprint density at radius 2 is 2.25 bits per heavy atom. The van der Waals surface area contributed by atoms with Crippen LogP contribution >= 0.6 is 11.6 Å². The second kappa shape index (κ2) is 5.79. The maximum atomic E-state index is 14.7. The molecule has 2 aliphatic rings. The summed E-state index contributed by atoms with van der Waals surface area (Å²) in [5.41, 5.74) is 0.258. The van der Waals surface area contributed by atoms with Crippen molar-refractivity contribution in [3.63, 3.8) is 0 Å². The molecule has 2 aromatic rings. The third-order valence-corrected chi connectivity index (χ3v) is 5.07. The fourth-order valence-electron chi connectivity index (χ4n) is 3.53. The van der Waals surface area contributed by atoms with Gasteiger partial charge in [0.2, 0.25) is 0 Å². The number of nitrogens with zero attached hydrogens (tertiary/aromatic N) is 1. The predicted molar refractivity (Wildman–Crippen MR) is 87.7 cm³/mol. The molecule has 7 heteroatoms. The summed E-state index contributed by atoms with van der Waals surface area (Å²) in [6.45, 7) is 2.44. The van der Waals surface area contributed by atoms with Crippen molar-refractivity contribution in [3.05, 3.63) is 38.8 Å². The second-order valence-corrected chi connectivity index (χ2v) is 6.87. The van der Waals surface area contributed by atoms with Crippen LogP contribution in [0, 0.1) is 12.7 Å². The van der Waals surface area contributed by atoms with Crippen LogP contribution in [-0.2, 0) is 15.1 Å². The standard InChI is InChI=1S/C17H18ClFN2O3/c1-9-13(17(5-6-17)24-11-4-2-3-7-23-11)12-10(16(22)21-9)8-20-15(18)14(12)19/h8,11H,2-7H2,1H3,(H,21,22). The van der Waals surface area contributed by atoms with Gasteiger partial charge in [0.25, 0.3) is 5.56 Å². The minimum atomic E-state index is -0.669. The zero-order chi connectivity index (χ0) is 16.9. The predicted octanol–water partition coefficient (Wildman–Crippen LogP) is 3.56. The van der Waals surface area contributed by atoms with E-state index in [2.05, 4.69) is 9.97 Å². The quantitative estimate of drug-likeness (QED) is 0.858. The van der Waals surface area contributed by atoms with Crippen LogP contribution in [0.25, 0.3) is 10.8 Å². The number of aromatic amines is 1. The van der Waals surface area contributed by atoms with Gasteiger partial charge in [-0.3, -0.25) is 4.79 Å². The number of fused-ring (bicyclic) bond motifs is 1. The van der Waals surface area contributed by atoms with Crippen molar-refractivity contribution in [2.45, 2.75) is 50.9 Å². The molecule has 1 saturated heterocycles. The van der Waals surface area contributed by atoms with Crippen molar-refractivity contribution >= 4 is 22.4 Å². The number of H-pyrrole nitrogens is 1. The molecule has 0 spiro atoms. The number of halogens is 2. The molecule has 0 radical (unpaired) electrons. The molecule has 4 rings (SSSR count). The second-order valence-electron chi connectivity index (χ2n) is 6.51. The highest BCUT2D eigenvalue weighted by Gasteiger charge is 2.50. The molecule has 1 unspecified atom stereocenters. The van der Waals surface area contributed by atoms with Gasteiger partial charge in [-0.1, -0.05) is 11.6 Å². The minimum absolute atomic E-state index is 0.192. The van der Waals surface area contributed by atoms with Crippen LogP contribution in [0.2, 0.25) is 5.15 Å². The largest absolute Gasteiger partial charge is 0.353 e. The number of hydrogen-bond acceptors (Lipinski definition) is 4. The van der Waals surface area contributed by atoms with Crippen LogP contribution in [0.3, 0.4) is 0 Å². The molecule has 3 heterocycles. The van der Waals surface area contributed by atoms with Gasteiger partial charge in [-0.15, -0.1) is 0 Å². The molecule has 24 heavy (non-hydrogen) atoms. The first-order valence-electron chi connectivity index (χ1n) is 8.18. The molecule has 0 aromatic carbocycles. The van der Waals surface area contributed by atoms with Crippen LogP contribution < -0.4 is 5.56 Å². The lowest BCUT2D eigenvalue weighted by atomic mass is 9.98. The van der Waals surface area contributed by atoms with Gasteiger partial charge in [-0.25, -0.2) is 9.37 Å². The van der Waals surface area contributed by atoms with Crippen molar-refractivity contribution in [1.29, 1.82) is 0 Å². The van der Waals surface area contributed by atoms with Crippen LogP contribution in [-0.4, -0.2) is 22.9 Å². The Morgan fingerprint density at radius 1 is 1.46 bits per heavy atom. The van der Waals surface area contributed by atoms with Gasteiger partial charge < -0.3 is 14.5 Å². The Morgan fingerprint density at radius 3 is 2.92 bits per heavy atom. The zero-order valence-electron chi connectivity index (χ0n) is 13.3. The maximum Gasteiger partial charge on any atom is 0.257 e. The number of hydrogen-bond donors (Lipinski definition) is 1. The molecule has 1 aliphatic carbocycles.